The third kappa shape index (κ3) is 3.69. The Balaban J connectivity index is 2.21. The van der Waals surface area contributed by atoms with Crippen molar-refractivity contribution < 1.29 is 9.90 Å². The van der Waals surface area contributed by atoms with Gasteiger partial charge in [-0.25, -0.2) is 0 Å². The Morgan fingerprint density at radius 1 is 1.38 bits per heavy atom. The van der Waals surface area contributed by atoms with Crippen LogP contribution in [0.2, 0.25) is 0 Å². The fraction of sp³-hybridized carbons (Fsp3) is 0.250. The maximum atomic E-state index is 12.3. The van der Waals surface area contributed by atoms with Gasteiger partial charge in [-0.1, -0.05) is 11.8 Å². The van der Waals surface area contributed by atoms with E-state index in [0.717, 1.165) is 21.8 Å². The van der Waals surface area contributed by atoms with Crippen LogP contribution < -0.4 is 5.32 Å². The second-order valence-corrected chi connectivity index (χ2v) is 5.67. The molecule has 4 nitrogen and oxygen atoms in total. The van der Waals surface area contributed by atoms with Crippen molar-refractivity contribution in [2.45, 2.75) is 20.8 Å². The SMILES string of the molecule is Cc1ccc(NC(=O)c2cc(C)c(C#CCO)s2)c(C)n1. The van der Waals surface area contributed by atoms with E-state index in [1.165, 1.54) is 11.3 Å². The van der Waals surface area contributed by atoms with Crippen LogP contribution in [0.25, 0.3) is 0 Å². The molecule has 0 aliphatic rings. The van der Waals surface area contributed by atoms with Crippen LogP contribution in [0.5, 0.6) is 0 Å². The van der Waals surface area contributed by atoms with Crippen LogP contribution in [0.15, 0.2) is 18.2 Å². The first-order valence-corrected chi connectivity index (χ1v) is 7.28. The number of nitrogens with zero attached hydrogens (tertiary/aromatic N) is 1. The van der Waals surface area contributed by atoms with Gasteiger partial charge in [0.2, 0.25) is 0 Å². The van der Waals surface area contributed by atoms with Gasteiger partial charge in [-0.15, -0.1) is 11.3 Å². The highest BCUT2D eigenvalue weighted by Crippen LogP contribution is 2.22. The van der Waals surface area contributed by atoms with Gasteiger partial charge in [-0.3, -0.25) is 9.78 Å². The van der Waals surface area contributed by atoms with Crippen molar-refractivity contribution in [2.75, 3.05) is 11.9 Å². The largest absolute Gasteiger partial charge is 0.384 e. The third-order valence-corrected chi connectivity index (χ3v) is 4.05. The number of carbonyl (C=O) groups is 1. The number of aliphatic hydroxyl groups is 1. The molecule has 0 aromatic carbocycles. The van der Waals surface area contributed by atoms with Gasteiger partial charge in [0, 0.05) is 5.69 Å². The summed E-state index contributed by atoms with van der Waals surface area (Å²) in [4.78, 5) is 18.0. The first-order chi connectivity index (χ1) is 10.0. The van der Waals surface area contributed by atoms with Crippen LogP contribution >= 0.6 is 11.3 Å². The molecular formula is C16H16N2O2S. The first-order valence-electron chi connectivity index (χ1n) is 6.47. The topological polar surface area (TPSA) is 62.2 Å². The first kappa shape index (κ1) is 15.2. The molecule has 21 heavy (non-hydrogen) atoms. The minimum absolute atomic E-state index is 0.172. The molecular weight excluding hydrogens is 284 g/mol. The normalized spacial score (nSPS) is 9.90. The van der Waals surface area contributed by atoms with E-state index in [1.54, 1.807) is 6.07 Å². The lowest BCUT2D eigenvalue weighted by Crippen LogP contribution is -2.11. The smallest absolute Gasteiger partial charge is 0.265 e. The molecule has 0 fully saturated rings. The molecule has 0 bridgehead atoms. The number of aryl methyl sites for hydroxylation is 3. The molecule has 0 spiro atoms. The number of amides is 1. The number of aromatic nitrogens is 1. The number of hydrogen-bond donors (Lipinski definition) is 2. The standard InChI is InChI=1S/C16H16N2O2S/c1-10-9-15(21-14(10)5-4-8-19)16(20)18-13-7-6-11(2)17-12(13)3/h6-7,9,19H,8H2,1-3H3,(H,18,20). The Morgan fingerprint density at radius 2 is 2.14 bits per heavy atom. The molecule has 2 N–H and O–H groups in total. The zero-order chi connectivity index (χ0) is 15.4. The van der Waals surface area contributed by atoms with E-state index in [1.807, 2.05) is 32.9 Å². The fourth-order valence-electron chi connectivity index (χ4n) is 1.84. The average Bonchev–Trinajstić information content (AvgIpc) is 2.81. The van der Waals surface area contributed by atoms with E-state index in [0.29, 0.717) is 10.6 Å². The summed E-state index contributed by atoms with van der Waals surface area (Å²) in [5.41, 5.74) is 3.35. The van der Waals surface area contributed by atoms with Crippen LogP contribution in [-0.4, -0.2) is 22.6 Å². The number of nitrogens with one attached hydrogen (secondary N) is 1. The second-order valence-electron chi connectivity index (χ2n) is 4.62. The van der Waals surface area contributed by atoms with Crippen molar-refractivity contribution >= 4 is 22.9 Å². The molecule has 0 aliphatic carbocycles. The summed E-state index contributed by atoms with van der Waals surface area (Å²) in [6, 6.07) is 5.52. The lowest BCUT2D eigenvalue weighted by atomic mass is 10.2. The van der Waals surface area contributed by atoms with E-state index in [2.05, 4.69) is 22.1 Å². The number of carbonyl (C=O) groups excluding carboxylic acids is 1. The van der Waals surface area contributed by atoms with Crippen LogP contribution in [0.3, 0.4) is 0 Å². The van der Waals surface area contributed by atoms with Gasteiger partial charge in [0.1, 0.15) is 6.61 Å². The molecule has 108 valence electrons. The monoisotopic (exact) mass is 300 g/mol. The summed E-state index contributed by atoms with van der Waals surface area (Å²) in [6.45, 7) is 5.48. The quantitative estimate of drug-likeness (QED) is 0.838. The van der Waals surface area contributed by atoms with Gasteiger partial charge in [0.05, 0.1) is 21.1 Å². The van der Waals surface area contributed by atoms with E-state index >= 15 is 0 Å². The van der Waals surface area contributed by atoms with Gasteiger partial charge in [0.25, 0.3) is 5.91 Å². The van der Waals surface area contributed by atoms with Crippen LogP contribution in [0.1, 0.15) is 31.5 Å². The molecule has 0 unspecified atom stereocenters. The predicted octanol–water partition coefficient (Wildman–Crippen LogP) is 2.66. The molecule has 2 rings (SSSR count). The van der Waals surface area contributed by atoms with Gasteiger partial charge >= 0.3 is 0 Å². The minimum Gasteiger partial charge on any atom is -0.384 e. The highest BCUT2D eigenvalue weighted by Gasteiger charge is 2.13. The minimum atomic E-state index is -0.187. The predicted molar refractivity (Wildman–Crippen MR) is 84.7 cm³/mol. The van der Waals surface area contributed by atoms with E-state index in [4.69, 9.17) is 5.11 Å². The van der Waals surface area contributed by atoms with Crippen molar-refractivity contribution in [3.05, 3.63) is 44.9 Å². The molecule has 0 aliphatic heterocycles. The Labute approximate surface area is 127 Å². The summed E-state index contributed by atoms with van der Waals surface area (Å²) in [5.74, 6) is 5.27. The average molecular weight is 300 g/mol. The summed E-state index contributed by atoms with van der Waals surface area (Å²) < 4.78 is 0. The number of pyridine rings is 1. The molecule has 2 heterocycles. The van der Waals surface area contributed by atoms with E-state index < -0.39 is 0 Å². The molecule has 0 saturated carbocycles. The number of rotatable bonds is 2. The van der Waals surface area contributed by atoms with Crippen molar-refractivity contribution in [3.63, 3.8) is 0 Å². The number of hydrogen-bond acceptors (Lipinski definition) is 4. The Kier molecular flexibility index (Phi) is 4.73. The molecule has 0 atom stereocenters. The zero-order valence-corrected chi connectivity index (χ0v) is 13.0. The molecule has 5 heteroatoms. The fourth-order valence-corrected chi connectivity index (χ4v) is 2.78. The van der Waals surface area contributed by atoms with E-state index in [-0.39, 0.29) is 12.5 Å². The summed E-state index contributed by atoms with van der Waals surface area (Å²) in [6.07, 6.45) is 0. The van der Waals surface area contributed by atoms with Crippen molar-refractivity contribution in [3.8, 4) is 11.8 Å². The summed E-state index contributed by atoms with van der Waals surface area (Å²) >= 11 is 1.32. The van der Waals surface area contributed by atoms with Gasteiger partial charge in [-0.2, -0.15) is 0 Å². The summed E-state index contributed by atoms with van der Waals surface area (Å²) in [5, 5.41) is 11.6. The van der Waals surface area contributed by atoms with Crippen molar-refractivity contribution in [1.29, 1.82) is 0 Å². The maximum Gasteiger partial charge on any atom is 0.265 e. The summed E-state index contributed by atoms with van der Waals surface area (Å²) in [7, 11) is 0. The highest BCUT2D eigenvalue weighted by atomic mass is 32.1. The maximum absolute atomic E-state index is 12.3. The Bertz CT molecular complexity index is 738. The van der Waals surface area contributed by atoms with Crippen molar-refractivity contribution in [1.82, 2.24) is 4.98 Å². The number of aliphatic hydroxyl groups excluding tert-OH is 1. The highest BCUT2D eigenvalue weighted by molar-refractivity contribution is 7.14. The second kappa shape index (κ2) is 6.53. The molecule has 2 aromatic rings. The van der Waals surface area contributed by atoms with Crippen molar-refractivity contribution in [2.24, 2.45) is 0 Å². The van der Waals surface area contributed by atoms with E-state index in [9.17, 15) is 4.79 Å². The Hall–Kier alpha value is -2.16. The number of thiophene rings is 1. The third-order valence-electron chi connectivity index (χ3n) is 2.90. The van der Waals surface area contributed by atoms with Gasteiger partial charge in [-0.05, 0) is 44.5 Å². The van der Waals surface area contributed by atoms with Crippen LogP contribution in [0.4, 0.5) is 5.69 Å². The lowest BCUT2D eigenvalue weighted by Gasteiger charge is -2.07. The number of anilines is 1. The zero-order valence-electron chi connectivity index (χ0n) is 12.2. The van der Waals surface area contributed by atoms with Gasteiger partial charge in [0.15, 0.2) is 0 Å². The van der Waals surface area contributed by atoms with Crippen LogP contribution in [0, 0.1) is 32.6 Å². The molecule has 0 radical (unpaired) electrons. The molecule has 2 aromatic heterocycles. The lowest BCUT2D eigenvalue weighted by molar-refractivity contribution is 0.103. The van der Waals surface area contributed by atoms with Crippen LogP contribution in [-0.2, 0) is 0 Å². The Morgan fingerprint density at radius 3 is 2.81 bits per heavy atom. The van der Waals surface area contributed by atoms with Gasteiger partial charge < -0.3 is 10.4 Å². The molecule has 0 saturated heterocycles. The molecule has 1 amide bonds.